The molecule has 0 bridgehead atoms. The molecule has 1 amide bonds. The highest BCUT2D eigenvalue weighted by molar-refractivity contribution is 5.80. The Morgan fingerprint density at radius 3 is 2.24 bits per heavy atom. The molecule has 2 rings (SSSR count). The van der Waals surface area contributed by atoms with Crippen molar-refractivity contribution < 1.29 is 23.5 Å². The summed E-state index contributed by atoms with van der Waals surface area (Å²) in [5, 5.41) is 2.58. The summed E-state index contributed by atoms with van der Waals surface area (Å²) in [5.74, 6) is -0.843. The van der Waals surface area contributed by atoms with E-state index in [-0.39, 0.29) is 19.0 Å². The van der Waals surface area contributed by atoms with Gasteiger partial charge in [-0.2, -0.15) is 0 Å². The zero-order valence-electron chi connectivity index (χ0n) is 14.0. The van der Waals surface area contributed by atoms with Crippen LogP contribution in [-0.2, 0) is 27.3 Å². The van der Waals surface area contributed by atoms with Crippen molar-refractivity contribution in [1.29, 1.82) is 0 Å². The topological polar surface area (TPSA) is 64.6 Å². The highest BCUT2D eigenvalue weighted by atomic mass is 19.1. The fraction of sp³-hybridized carbons (Fsp3) is 0.263. The van der Waals surface area contributed by atoms with Crippen LogP contribution in [0, 0.1) is 5.82 Å². The fourth-order valence-electron chi connectivity index (χ4n) is 2.01. The molecule has 0 atom stereocenters. The molecule has 5 nitrogen and oxygen atoms in total. The van der Waals surface area contributed by atoms with Gasteiger partial charge in [0.25, 0.3) is 5.91 Å². The van der Waals surface area contributed by atoms with Crippen molar-refractivity contribution in [3.05, 3.63) is 65.5 Å². The molecule has 0 unspecified atom stereocenters. The lowest BCUT2D eigenvalue weighted by Crippen LogP contribution is -2.29. The van der Waals surface area contributed by atoms with Crippen LogP contribution >= 0.6 is 0 Å². The lowest BCUT2D eigenvalue weighted by Gasteiger charge is -2.08. The number of ether oxygens (including phenoxy) is 2. The minimum Gasteiger partial charge on any atom is -0.482 e. The van der Waals surface area contributed by atoms with Gasteiger partial charge in [0.15, 0.2) is 13.2 Å². The zero-order chi connectivity index (χ0) is 18.1. The number of benzene rings is 2. The molecule has 0 saturated heterocycles. The van der Waals surface area contributed by atoms with Gasteiger partial charge >= 0.3 is 5.97 Å². The van der Waals surface area contributed by atoms with E-state index in [0.29, 0.717) is 5.75 Å². The van der Waals surface area contributed by atoms with Gasteiger partial charge < -0.3 is 14.8 Å². The second kappa shape index (κ2) is 9.42. The van der Waals surface area contributed by atoms with Gasteiger partial charge in [-0.3, -0.25) is 4.79 Å². The second-order valence-electron chi connectivity index (χ2n) is 5.35. The Hall–Kier alpha value is -2.89. The number of nitrogens with one attached hydrogen (secondary N) is 1. The van der Waals surface area contributed by atoms with E-state index in [4.69, 9.17) is 9.47 Å². The van der Waals surface area contributed by atoms with E-state index in [9.17, 15) is 14.0 Å². The minimum atomic E-state index is -0.628. The second-order valence-corrected chi connectivity index (χ2v) is 5.35. The molecule has 0 aliphatic rings. The van der Waals surface area contributed by atoms with Gasteiger partial charge in [0.1, 0.15) is 11.6 Å². The van der Waals surface area contributed by atoms with E-state index >= 15 is 0 Å². The number of carbonyl (C=O) groups is 2. The summed E-state index contributed by atoms with van der Waals surface area (Å²) >= 11 is 0. The van der Waals surface area contributed by atoms with Crippen molar-refractivity contribution in [3.8, 4) is 5.75 Å². The van der Waals surface area contributed by atoms with E-state index in [0.717, 1.165) is 12.0 Å². The molecule has 0 aliphatic heterocycles. The Kier molecular flexibility index (Phi) is 6.95. The van der Waals surface area contributed by atoms with E-state index in [1.165, 1.54) is 17.7 Å². The third-order valence-corrected chi connectivity index (χ3v) is 3.46. The van der Waals surface area contributed by atoms with E-state index < -0.39 is 18.5 Å². The van der Waals surface area contributed by atoms with Gasteiger partial charge in [0.05, 0.1) is 0 Å². The standard InChI is InChI=1S/C19H20FNO4/c1-2-14-5-9-17(10-6-14)24-13-19(23)25-12-18(22)21-11-15-3-7-16(20)8-4-15/h3-10H,2,11-13H2,1H3,(H,21,22). The Balaban J connectivity index is 1.64. The normalized spacial score (nSPS) is 10.2. The van der Waals surface area contributed by atoms with Crippen molar-refractivity contribution in [2.24, 2.45) is 0 Å². The molecule has 0 heterocycles. The molecule has 2 aromatic rings. The summed E-state index contributed by atoms with van der Waals surface area (Å²) in [4.78, 5) is 23.2. The molecule has 2 aromatic carbocycles. The smallest absolute Gasteiger partial charge is 0.344 e. The number of hydrogen-bond acceptors (Lipinski definition) is 4. The highest BCUT2D eigenvalue weighted by Gasteiger charge is 2.08. The van der Waals surface area contributed by atoms with Crippen molar-refractivity contribution in [2.45, 2.75) is 19.9 Å². The van der Waals surface area contributed by atoms with Crippen LogP contribution in [0.2, 0.25) is 0 Å². The molecular formula is C19H20FNO4. The summed E-state index contributed by atoms with van der Waals surface area (Å²) in [6, 6.07) is 13.2. The van der Waals surface area contributed by atoms with Gasteiger partial charge in [-0.1, -0.05) is 31.2 Å². The molecule has 0 spiro atoms. The lowest BCUT2D eigenvalue weighted by molar-refractivity contribution is -0.150. The van der Waals surface area contributed by atoms with Crippen LogP contribution in [0.5, 0.6) is 5.75 Å². The van der Waals surface area contributed by atoms with Crippen LogP contribution in [0.15, 0.2) is 48.5 Å². The molecule has 0 aliphatic carbocycles. The van der Waals surface area contributed by atoms with Crippen molar-refractivity contribution in [3.63, 3.8) is 0 Å². The molecule has 6 heteroatoms. The maximum Gasteiger partial charge on any atom is 0.344 e. The van der Waals surface area contributed by atoms with Gasteiger partial charge in [-0.15, -0.1) is 0 Å². The lowest BCUT2D eigenvalue weighted by atomic mass is 10.2. The molecule has 0 saturated carbocycles. The first-order valence-electron chi connectivity index (χ1n) is 7.95. The van der Waals surface area contributed by atoms with E-state index in [1.807, 2.05) is 19.1 Å². The average Bonchev–Trinajstić information content (AvgIpc) is 2.64. The molecule has 25 heavy (non-hydrogen) atoms. The minimum absolute atomic E-state index is 0.233. The van der Waals surface area contributed by atoms with Crippen LogP contribution < -0.4 is 10.1 Å². The number of rotatable bonds is 8. The number of hydrogen-bond donors (Lipinski definition) is 1. The summed E-state index contributed by atoms with van der Waals surface area (Å²) in [5.41, 5.74) is 1.92. The highest BCUT2D eigenvalue weighted by Crippen LogP contribution is 2.12. The number of amides is 1. The zero-order valence-corrected chi connectivity index (χ0v) is 14.0. The Morgan fingerprint density at radius 2 is 1.60 bits per heavy atom. The SMILES string of the molecule is CCc1ccc(OCC(=O)OCC(=O)NCc2ccc(F)cc2)cc1. The quantitative estimate of drug-likeness (QED) is 0.747. The Morgan fingerprint density at radius 1 is 0.960 bits per heavy atom. The number of aryl methyl sites for hydroxylation is 1. The summed E-state index contributed by atoms with van der Waals surface area (Å²) in [6.45, 7) is 1.63. The number of esters is 1. The van der Waals surface area contributed by atoms with Gasteiger partial charge in [0.2, 0.25) is 0 Å². The summed E-state index contributed by atoms with van der Waals surface area (Å²) < 4.78 is 22.9. The van der Waals surface area contributed by atoms with E-state index in [1.54, 1.807) is 24.3 Å². The van der Waals surface area contributed by atoms with Gasteiger partial charge in [-0.05, 0) is 41.8 Å². The maximum absolute atomic E-state index is 12.8. The summed E-state index contributed by atoms with van der Waals surface area (Å²) in [7, 11) is 0. The van der Waals surface area contributed by atoms with Crippen molar-refractivity contribution in [1.82, 2.24) is 5.32 Å². The van der Waals surface area contributed by atoms with Crippen molar-refractivity contribution >= 4 is 11.9 Å². The molecule has 1 N–H and O–H groups in total. The fourth-order valence-corrected chi connectivity index (χ4v) is 2.01. The molecule has 0 fully saturated rings. The Bertz CT molecular complexity index is 698. The van der Waals surface area contributed by atoms with Crippen LogP contribution in [-0.4, -0.2) is 25.1 Å². The molecule has 0 radical (unpaired) electrons. The van der Waals surface area contributed by atoms with E-state index in [2.05, 4.69) is 5.32 Å². The molecular weight excluding hydrogens is 325 g/mol. The van der Waals surface area contributed by atoms with Crippen LogP contribution in [0.1, 0.15) is 18.1 Å². The predicted molar refractivity (Wildman–Crippen MR) is 90.5 cm³/mol. The maximum atomic E-state index is 12.8. The first-order valence-corrected chi connectivity index (χ1v) is 7.95. The molecule has 0 aromatic heterocycles. The largest absolute Gasteiger partial charge is 0.482 e. The van der Waals surface area contributed by atoms with Crippen LogP contribution in [0.4, 0.5) is 4.39 Å². The van der Waals surface area contributed by atoms with Crippen LogP contribution in [0.3, 0.4) is 0 Å². The number of carbonyl (C=O) groups excluding carboxylic acids is 2. The first-order chi connectivity index (χ1) is 12.1. The third kappa shape index (κ3) is 6.63. The number of halogens is 1. The third-order valence-electron chi connectivity index (χ3n) is 3.46. The van der Waals surface area contributed by atoms with Gasteiger partial charge in [0, 0.05) is 6.54 Å². The monoisotopic (exact) mass is 345 g/mol. The van der Waals surface area contributed by atoms with Gasteiger partial charge in [-0.25, -0.2) is 9.18 Å². The average molecular weight is 345 g/mol. The predicted octanol–water partition coefficient (Wildman–Crippen LogP) is 2.63. The Labute approximate surface area is 145 Å². The molecule has 132 valence electrons. The first kappa shape index (κ1) is 18.4. The van der Waals surface area contributed by atoms with Crippen LogP contribution in [0.25, 0.3) is 0 Å². The van der Waals surface area contributed by atoms with Crippen molar-refractivity contribution in [2.75, 3.05) is 13.2 Å². The summed E-state index contributed by atoms with van der Waals surface area (Å²) in [6.07, 6.45) is 0.926.